The summed E-state index contributed by atoms with van der Waals surface area (Å²) in [7, 11) is 0. The molecule has 110 valence electrons. The van der Waals surface area contributed by atoms with Crippen LogP contribution in [0.1, 0.15) is 27.2 Å². The standard InChI is InChI=1S/C12H19N5O3/c1-12(2,3)16-11(18)4-5-14-10-7-8(17(19)20)6-9(13)15-10/h6-7H,4-5H2,1-3H3,(H,16,18)(H3,13,14,15). The number of amides is 1. The molecule has 0 aliphatic rings. The van der Waals surface area contributed by atoms with Gasteiger partial charge in [0.2, 0.25) is 5.91 Å². The number of aromatic nitrogens is 1. The average molecular weight is 281 g/mol. The third-order valence-electron chi connectivity index (χ3n) is 2.21. The maximum atomic E-state index is 11.6. The first-order chi connectivity index (χ1) is 9.17. The summed E-state index contributed by atoms with van der Waals surface area (Å²) in [5.41, 5.74) is 5.05. The first kappa shape index (κ1) is 15.7. The van der Waals surface area contributed by atoms with Gasteiger partial charge < -0.3 is 16.4 Å². The van der Waals surface area contributed by atoms with Crippen molar-refractivity contribution in [3.8, 4) is 0 Å². The van der Waals surface area contributed by atoms with E-state index >= 15 is 0 Å². The van der Waals surface area contributed by atoms with Crippen LogP contribution in [0.25, 0.3) is 0 Å². The average Bonchev–Trinajstić information content (AvgIpc) is 2.25. The molecule has 8 heteroatoms. The van der Waals surface area contributed by atoms with Crippen molar-refractivity contribution in [2.24, 2.45) is 0 Å². The number of anilines is 2. The molecule has 20 heavy (non-hydrogen) atoms. The molecule has 0 bridgehead atoms. The maximum absolute atomic E-state index is 11.6. The highest BCUT2D eigenvalue weighted by Crippen LogP contribution is 2.18. The number of nitrogens with zero attached hydrogens (tertiary/aromatic N) is 2. The van der Waals surface area contributed by atoms with Gasteiger partial charge in [-0.2, -0.15) is 0 Å². The molecule has 0 atom stereocenters. The summed E-state index contributed by atoms with van der Waals surface area (Å²) >= 11 is 0. The molecule has 0 aromatic carbocycles. The van der Waals surface area contributed by atoms with Gasteiger partial charge >= 0.3 is 0 Å². The minimum Gasteiger partial charge on any atom is -0.383 e. The Morgan fingerprint density at radius 1 is 1.45 bits per heavy atom. The molecular weight excluding hydrogens is 262 g/mol. The van der Waals surface area contributed by atoms with Gasteiger partial charge in [0.1, 0.15) is 11.6 Å². The normalized spacial score (nSPS) is 10.9. The van der Waals surface area contributed by atoms with Crippen molar-refractivity contribution in [2.75, 3.05) is 17.6 Å². The van der Waals surface area contributed by atoms with Crippen LogP contribution in [0.2, 0.25) is 0 Å². The Bertz CT molecular complexity index is 510. The molecule has 1 heterocycles. The lowest BCUT2D eigenvalue weighted by Crippen LogP contribution is -2.41. The third kappa shape index (κ3) is 5.51. The fraction of sp³-hybridized carbons (Fsp3) is 0.500. The van der Waals surface area contributed by atoms with E-state index in [4.69, 9.17) is 5.73 Å². The maximum Gasteiger partial charge on any atom is 0.276 e. The fourth-order valence-electron chi connectivity index (χ4n) is 1.52. The molecule has 1 aromatic heterocycles. The quantitative estimate of drug-likeness (QED) is 0.552. The van der Waals surface area contributed by atoms with Gasteiger partial charge in [-0.1, -0.05) is 0 Å². The summed E-state index contributed by atoms with van der Waals surface area (Å²) in [5.74, 6) is 0.226. The summed E-state index contributed by atoms with van der Waals surface area (Å²) < 4.78 is 0. The van der Waals surface area contributed by atoms with E-state index in [1.807, 2.05) is 20.8 Å². The lowest BCUT2D eigenvalue weighted by molar-refractivity contribution is -0.384. The number of carbonyl (C=O) groups excluding carboxylic acids is 1. The molecule has 0 saturated carbocycles. The van der Waals surface area contributed by atoms with Gasteiger partial charge in [-0.05, 0) is 20.8 Å². The predicted molar refractivity (Wildman–Crippen MR) is 76.3 cm³/mol. The summed E-state index contributed by atoms with van der Waals surface area (Å²) in [4.78, 5) is 25.6. The SMILES string of the molecule is CC(C)(C)NC(=O)CCNc1cc([N+](=O)[O-])cc(N)n1. The topological polar surface area (TPSA) is 123 Å². The van der Waals surface area contributed by atoms with Crippen molar-refractivity contribution in [3.05, 3.63) is 22.2 Å². The highest BCUT2D eigenvalue weighted by Gasteiger charge is 2.14. The molecule has 0 fully saturated rings. The molecule has 0 unspecified atom stereocenters. The van der Waals surface area contributed by atoms with Crippen molar-refractivity contribution in [2.45, 2.75) is 32.7 Å². The van der Waals surface area contributed by atoms with E-state index in [1.54, 1.807) is 0 Å². The molecule has 1 rings (SSSR count). The molecule has 1 aromatic rings. The van der Waals surface area contributed by atoms with Gasteiger partial charge in [-0.3, -0.25) is 14.9 Å². The first-order valence-electron chi connectivity index (χ1n) is 6.14. The van der Waals surface area contributed by atoms with Crippen LogP contribution >= 0.6 is 0 Å². The van der Waals surface area contributed by atoms with E-state index in [9.17, 15) is 14.9 Å². The number of rotatable bonds is 5. The molecule has 0 aliphatic heterocycles. The Labute approximate surface area is 116 Å². The van der Waals surface area contributed by atoms with E-state index in [2.05, 4.69) is 15.6 Å². The number of nitro groups is 1. The van der Waals surface area contributed by atoms with E-state index in [0.717, 1.165) is 0 Å². The van der Waals surface area contributed by atoms with Gasteiger partial charge in [-0.15, -0.1) is 0 Å². The highest BCUT2D eigenvalue weighted by atomic mass is 16.6. The molecule has 0 saturated heterocycles. The van der Waals surface area contributed by atoms with Gasteiger partial charge in [0.25, 0.3) is 5.69 Å². The summed E-state index contributed by atoms with van der Waals surface area (Å²) in [6.07, 6.45) is 0.238. The number of hydrogen-bond acceptors (Lipinski definition) is 6. The zero-order valence-corrected chi connectivity index (χ0v) is 11.8. The number of pyridine rings is 1. The molecule has 0 radical (unpaired) electrons. The highest BCUT2D eigenvalue weighted by molar-refractivity contribution is 5.77. The van der Waals surface area contributed by atoms with Crippen molar-refractivity contribution in [1.29, 1.82) is 0 Å². The molecule has 1 amide bonds. The molecular formula is C12H19N5O3. The second-order valence-corrected chi connectivity index (χ2v) is 5.37. The smallest absolute Gasteiger partial charge is 0.276 e. The zero-order valence-electron chi connectivity index (χ0n) is 11.8. The van der Waals surface area contributed by atoms with Crippen molar-refractivity contribution < 1.29 is 9.72 Å². The largest absolute Gasteiger partial charge is 0.383 e. The lowest BCUT2D eigenvalue weighted by atomic mass is 10.1. The predicted octanol–water partition coefficient (Wildman–Crippen LogP) is 1.29. The minimum atomic E-state index is -0.546. The van der Waals surface area contributed by atoms with Crippen LogP contribution in [0, 0.1) is 10.1 Å². The van der Waals surface area contributed by atoms with Gasteiger partial charge in [0, 0.05) is 18.5 Å². The van der Waals surface area contributed by atoms with Crippen molar-refractivity contribution in [3.63, 3.8) is 0 Å². The Balaban J connectivity index is 2.54. The van der Waals surface area contributed by atoms with E-state index in [0.29, 0.717) is 6.54 Å². The number of nitrogens with one attached hydrogen (secondary N) is 2. The Kier molecular flexibility index (Phi) is 4.84. The van der Waals surface area contributed by atoms with Crippen LogP contribution < -0.4 is 16.4 Å². The number of hydrogen-bond donors (Lipinski definition) is 3. The van der Waals surface area contributed by atoms with Gasteiger partial charge in [-0.25, -0.2) is 4.98 Å². The summed E-state index contributed by atoms with van der Waals surface area (Å²) in [6, 6.07) is 2.45. The van der Waals surface area contributed by atoms with Crippen molar-refractivity contribution >= 4 is 23.2 Å². The molecule has 0 spiro atoms. The number of carbonyl (C=O) groups is 1. The third-order valence-corrected chi connectivity index (χ3v) is 2.21. The number of nitrogen functional groups attached to an aromatic ring is 1. The van der Waals surface area contributed by atoms with Crippen LogP contribution in [0.15, 0.2) is 12.1 Å². The molecule has 4 N–H and O–H groups in total. The Morgan fingerprint density at radius 3 is 2.65 bits per heavy atom. The van der Waals surface area contributed by atoms with Crippen LogP contribution in [-0.4, -0.2) is 27.9 Å². The molecule has 8 nitrogen and oxygen atoms in total. The second-order valence-electron chi connectivity index (χ2n) is 5.37. The van der Waals surface area contributed by atoms with Gasteiger partial charge in [0.05, 0.1) is 17.1 Å². The zero-order chi connectivity index (χ0) is 15.3. The first-order valence-corrected chi connectivity index (χ1v) is 6.14. The van der Waals surface area contributed by atoms with E-state index < -0.39 is 4.92 Å². The summed E-state index contributed by atoms with van der Waals surface area (Å²) in [6.45, 7) is 5.99. The van der Waals surface area contributed by atoms with E-state index in [-0.39, 0.29) is 35.2 Å². The Hall–Kier alpha value is -2.38. The second kappa shape index (κ2) is 6.18. The molecule has 0 aliphatic carbocycles. The Morgan fingerprint density at radius 2 is 2.10 bits per heavy atom. The lowest BCUT2D eigenvalue weighted by Gasteiger charge is -2.20. The van der Waals surface area contributed by atoms with Crippen LogP contribution in [-0.2, 0) is 4.79 Å². The van der Waals surface area contributed by atoms with E-state index in [1.165, 1.54) is 12.1 Å². The van der Waals surface area contributed by atoms with Crippen molar-refractivity contribution in [1.82, 2.24) is 10.3 Å². The van der Waals surface area contributed by atoms with Crippen LogP contribution in [0.5, 0.6) is 0 Å². The summed E-state index contributed by atoms with van der Waals surface area (Å²) in [5, 5.41) is 16.3. The number of nitrogens with two attached hydrogens (primary N) is 1. The monoisotopic (exact) mass is 281 g/mol. The van der Waals surface area contributed by atoms with Gasteiger partial charge in [0.15, 0.2) is 0 Å². The van der Waals surface area contributed by atoms with Crippen LogP contribution in [0.3, 0.4) is 0 Å². The fourth-order valence-corrected chi connectivity index (χ4v) is 1.52. The van der Waals surface area contributed by atoms with Crippen LogP contribution in [0.4, 0.5) is 17.3 Å². The minimum absolute atomic E-state index is 0.0563.